The number of fused-ring (bicyclic) bond motifs is 1. The Morgan fingerprint density at radius 3 is 2.60 bits per heavy atom. The largest absolute Gasteiger partial charge is 0.468 e. The van der Waals surface area contributed by atoms with Gasteiger partial charge in [-0.15, -0.1) is 0 Å². The number of hydrogen-bond acceptors (Lipinski definition) is 8. The lowest BCUT2D eigenvalue weighted by Crippen LogP contribution is -2.22. The number of methoxy groups -OCH3 is 1. The smallest absolute Gasteiger partial charge is 0.325 e. The van der Waals surface area contributed by atoms with Crippen LogP contribution in [0.2, 0.25) is 0 Å². The minimum atomic E-state index is -3.46. The summed E-state index contributed by atoms with van der Waals surface area (Å²) in [4.78, 5) is 39.0. The van der Waals surface area contributed by atoms with Crippen LogP contribution in [-0.4, -0.2) is 43.2 Å². The number of sulfone groups is 1. The van der Waals surface area contributed by atoms with Crippen molar-refractivity contribution in [2.75, 3.05) is 13.4 Å². The molecule has 0 unspecified atom stereocenters. The van der Waals surface area contributed by atoms with E-state index in [0.29, 0.717) is 10.2 Å². The van der Waals surface area contributed by atoms with Crippen molar-refractivity contribution in [3.8, 4) is 0 Å². The molecule has 0 saturated heterocycles. The van der Waals surface area contributed by atoms with E-state index in [0.717, 1.165) is 23.7 Å². The van der Waals surface area contributed by atoms with Gasteiger partial charge in [-0.2, -0.15) is 4.99 Å². The first-order valence-electron chi connectivity index (χ1n) is 8.34. The van der Waals surface area contributed by atoms with Crippen LogP contribution in [0.25, 0.3) is 10.2 Å². The Morgan fingerprint density at radius 1 is 1.23 bits per heavy atom. The van der Waals surface area contributed by atoms with Gasteiger partial charge in [0.2, 0.25) is 0 Å². The fourth-order valence-electron chi connectivity index (χ4n) is 2.62. The molecule has 10 nitrogen and oxygen atoms in total. The summed E-state index contributed by atoms with van der Waals surface area (Å²) in [5, 5.41) is 10.9. The number of hydrogen-bond donors (Lipinski definition) is 0. The van der Waals surface area contributed by atoms with Gasteiger partial charge >= 0.3 is 5.97 Å². The van der Waals surface area contributed by atoms with Crippen LogP contribution >= 0.6 is 11.3 Å². The Labute approximate surface area is 174 Å². The molecule has 0 atom stereocenters. The van der Waals surface area contributed by atoms with E-state index in [4.69, 9.17) is 0 Å². The number of aromatic nitrogens is 1. The second kappa shape index (κ2) is 8.16. The van der Waals surface area contributed by atoms with Gasteiger partial charge < -0.3 is 9.30 Å². The summed E-state index contributed by atoms with van der Waals surface area (Å²) in [5.74, 6) is -1.33. The van der Waals surface area contributed by atoms with Crippen LogP contribution in [0.5, 0.6) is 0 Å². The molecule has 0 aliphatic rings. The maximum absolute atomic E-state index is 12.6. The Bertz CT molecular complexity index is 1350. The molecule has 0 aliphatic carbocycles. The van der Waals surface area contributed by atoms with Gasteiger partial charge in [0.05, 0.1) is 27.1 Å². The van der Waals surface area contributed by atoms with Gasteiger partial charge in [-0.05, 0) is 24.3 Å². The zero-order valence-electron chi connectivity index (χ0n) is 15.8. The molecule has 0 fully saturated rings. The van der Waals surface area contributed by atoms with Crippen LogP contribution in [-0.2, 0) is 25.9 Å². The van der Waals surface area contributed by atoms with Crippen LogP contribution in [0.1, 0.15) is 10.4 Å². The third kappa shape index (κ3) is 4.44. The minimum absolute atomic E-state index is 0.00287. The molecule has 1 heterocycles. The minimum Gasteiger partial charge on any atom is -0.468 e. The van der Waals surface area contributed by atoms with E-state index in [-0.39, 0.29) is 27.5 Å². The number of esters is 1. The van der Waals surface area contributed by atoms with E-state index < -0.39 is 26.6 Å². The summed E-state index contributed by atoms with van der Waals surface area (Å²) in [5.41, 5.74) is 0.235. The van der Waals surface area contributed by atoms with Gasteiger partial charge in [-0.25, -0.2) is 8.42 Å². The molecule has 12 heteroatoms. The number of benzene rings is 2. The number of rotatable bonds is 5. The number of carbonyl (C=O) groups is 2. The Kier molecular flexibility index (Phi) is 5.80. The van der Waals surface area contributed by atoms with E-state index >= 15 is 0 Å². The third-order valence-corrected chi connectivity index (χ3v) is 6.25. The van der Waals surface area contributed by atoms with Crippen LogP contribution < -0.4 is 4.80 Å². The fraction of sp³-hybridized carbons (Fsp3) is 0.167. The normalized spacial score (nSPS) is 12.1. The molecule has 30 heavy (non-hydrogen) atoms. The molecule has 0 radical (unpaired) electrons. The molecule has 2 aromatic carbocycles. The molecule has 0 N–H and O–H groups in total. The maximum Gasteiger partial charge on any atom is 0.325 e. The average Bonchev–Trinajstić information content (AvgIpc) is 3.03. The molecule has 3 aromatic rings. The van der Waals surface area contributed by atoms with Crippen molar-refractivity contribution in [1.82, 2.24) is 4.57 Å². The summed E-state index contributed by atoms with van der Waals surface area (Å²) in [6.07, 6.45) is 1.07. The summed E-state index contributed by atoms with van der Waals surface area (Å²) >= 11 is 1.01. The van der Waals surface area contributed by atoms with Crippen molar-refractivity contribution in [2.45, 2.75) is 11.4 Å². The summed E-state index contributed by atoms with van der Waals surface area (Å²) in [6, 6.07) is 9.45. The first-order chi connectivity index (χ1) is 14.1. The lowest BCUT2D eigenvalue weighted by Gasteiger charge is -2.04. The average molecular weight is 449 g/mol. The van der Waals surface area contributed by atoms with Crippen molar-refractivity contribution in [2.24, 2.45) is 4.99 Å². The van der Waals surface area contributed by atoms with E-state index in [2.05, 4.69) is 9.73 Å². The molecule has 0 spiro atoms. The zero-order chi connectivity index (χ0) is 22.1. The molecule has 1 aromatic heterocycles. The predicted molar refractivity (Wildman–Crippen MR) is 108 cm³/mol. The number of non-ortho nitro benzene ring substituents is 1. The van der Waals surface area contributed by atoms with Crippen molar-refractivity contribution in [3.63, 3.8) is 0 Å². The number of nitrogens with zero attached hydrogens (tertiary/aromatic N) is 3. The molecule has 0 saturated carbocycles. The van der Waals surface area contributed by atoms with Gasteiger partial charge in [0.15, 0.2) is 14.6 Å². The highest BCUT2D eigenvalue weighted by molar-refractivity contribution is 7.90. The fourth-order valence-corrected chi connectivity index (χ4v) is 4.41. The van der Waals surface area contributed by atoms with Crippen molar-refractivity contribution in [1.29, 1.82) is 0 Å². The highest BCUT2D eigenvalue weighted by Crippen LogP contribution is 2.22. The maximum atomic E-state index is 12.6. The second-order valence-electron chi connectivity index (χ2n) is 6.17. The van der Waals surface area contributed by atoms with Crippen LogP contribution in [0.3, 0.4) is 0 Å². The third-order valence-electron chi connectivity index (χ3n) is 4.10. The van der Waals surface area contributed by atoms with Crippen molar-refractivity contribution >= 4 is 49.0 Å². The lowest BCUT2D eigenvalue weighted by atomic mass is 10.2. The monoisotopic (exact) mass is 449 g/mol. The van der Waals surface area contributed by atoms with Crippen molar-refractivity contribution in [3.05, 3.63) is 62.9 Å². The molecular formula is C18H15N3O7S2. The highest BCUT2D eigenvalue weighted by atomic mass is 32.2. The standard InChI is InChI=1S/C18H15N3O7S2/c1-28-16(22)10-20-14-7-6-13(30(2,26)27)9-15(14)29-18(20)19-17(23)11-4-3-5-12(8-11)21(24)25/h3-9H,10H2,1-2H3. The van der Waals surface area contributed by atoms with E-state index in [1.807, 2.05) is 0 Å². The molecule has 3 rings (SSSR count). The Hall–Kier alpha value is -3.38. The summed E-state index contributed by atoms with van der Waals surface area (Å²) < 4.78 is 30.3. The number of thiazole rings is 1. The SMILES string of the molecule is COC(=O)Cn1c(=NC(=O)c2cccc([N+](=O)[O-])c2)sc2cc(S(C)(=O)=O)ccc21. The van der Waals surface area contributed by atoms with Gasteiger partial charge in [-0.3, -0.25) is 19.7 Å². The van der Waals surface area contributed by atoms with Crippen LogP contribution in [0.4, 0.5) is 5.69 Å². The van der Waals surface area contributed by atoms with Crippen molar-refractivity contribution < 1.29 is 27.7 Å². The van der Waals surface area contributed by atoms with E-state index in [9.17, 15) is 28.1 Å². The molecule has 0 bridgehead atoms. The lowest BCUT2D eigenvalue weighted by molar-refractivity contribution is -0.384. The molecule has 0 aliphatic heterocycles. The van der Waals surface area contributed by atoms with Gasteiger partial charge in [0.1, 0.15) is 6.54 Å². The van der Waals surface area contributed by atoms with Gasteiger partial charge in [0, 0.05) is 24.0 Å². The number of nitro benzene ring substituents is 1. The quantitative estimate of drug-likeness (QED) is 0.329. The van der Waals surface area contributed by atoms with Crippen LogP contribution in [0, 0.1) is 10.1 Å². The highest BCUT2D eigenvalue weighted by Gasteiger charge is 2.16. The summed E-state index contributed by atoms with van der Waals surface area (Å²) in [7, 11) is -2.25. The number of nitro groups is 1. The van der Waals surface area contributed by atoms with Crippen LogP contribution in [0.15, 0.2) is 52.4 Å². The first-order valence-corrected chi connectivity index (χ1v) is 11.0. The topological polar surface area (TPSA) is 138 Å². The van der Waals surface area contributed by atoms with Gasteiger partial charge in [0.25, 0.3) is 11.6 Å². The summed E-state index contributed by atoms with van der Waals surface area (Å²) in [6.45, 7) is -0.254. The number of amides is 1. The Balaban J connectivity index is 2.18. The predicted octanol–water partition coefficient (Wildman–Crippen LogP) is 1.93. The van der Waals surface area contributed by atoms with E-state index in [1.54, 1.807) is 0 Å². The van der Waals surface area contributed by atoms with E-state index in [1.165, 1.54) is 48.1 Å². The first kappa shape index (κ1) is 21.3. The zero-order valence-corrected chi connectivity index (χ0v) is 17.4. The molecule has 156 valence electrons. The Morgan fingerprint density at radius 2 is 1.97 bits per heavy atom. The molecular weight excluding hydrogens is 434 g/mol. The number of carbonyl (C=O) groups excluding carboxylic acids is 2. The molecule has 1 amide bonds. The second-order valence-corrected chi connectivity index (χ2v) is 9.20. The van der Waals surface area contributed by atoms with Gasteiger partial charge in [-0.1, -0.05) is 17.4 Å². The number of ether oxygens (including phenoxy) is 1.